The van der Waals surface area contributed by atoms with Gasteiger partial charge in [0.05, 0.1) is 13.2 Å². The molecule has 1 aliphatic rings. The van der Waals surface area contributed by atoms with Crippen LogP contribution in [0.5, 0.6) is 0 Å². The van der Waals surface area contributed by atoms with Crippen molar-refractivity contribution in [3.05, 3.63) is 35.1 Å². The van der Waals surface area contributed by atoms with Crippen molar-refractivity contribution in [1.29, 1.82) is 5.41 Å². The number of hydrogen-bond acceptors (Lipinski definition) is 3. The summed E-state index contributed by atoms with van der Waals surface area (Å²) in [7, 11) is 1.56. The van der Waals surface area contributed by atoms with Crippen molar-refractivity contribution in [2.24, 2.45) is 0 Å². The summed E-state index contributed by atoms with van der Waals surface area (Å²) in [6, 6.07) is 4.36. The summed E-state index contributed by atoms with van der Waals surface area (Å²) in [5, 5.41) is 10.6. The van der Waals surface area contributed by atoms with Gasteiger partial charge in [-0.05, 0) is 17.7 Å². The van der Waals surface area contributed by atoms with Crippen LogP contribution >= 0.6 is 0 Å². The highest BCUT2D eigenvalue weighted by Gasteiger charge is 2.25. The van der Waals surface area contributed by atoms with Crippen LogP contribution in [0.4, 0.5) is 4.39 Å². The first-order valence-corrected chi connectivity index (χ1v) is 5.99. The minimum atomic E-state index is -0.366. The standard InChI is InChI=1S/C13H16FN3O2/c1-19-5-4-16-12(18)8-17-7-9-2-3-10(14)6-11(9)13(17)15/h2-3,6,15H,4-5,7-8H2,1H3,(H,16,18). The number of rotatable bonds is 5. The normalized spacial score (nSPS) is 13.6. The highest BCUT2D eigenvalue weighted by atomic mass is 19.1. The topological polar surface area (TPSA) is 65.4 Å². The molecule has 0 bridgehead atoms. The van der Waals surface area contributed by atoms with Gasteiger partial charge in [0.25, 0.3) is 0 Å². The first-order chi connectivity index (χ1) is 9.11. The van der Waals surface area contributed by atoms with Crippen molar-refractivity contribution in [3.63, 3.8) is 0 Å². The van der Waals surface area contributed by atoms with Crippen LogP contribution in [-0.4, -0.2) is 43.4 Å². The van der Waals surface area contributed by atoms with Crippen LogP contribution in [0.15, 0.2) is 18.2 Å². The van der Waals surface area contributed by atoms with E-state index in [1.807, 2.05) is 0 Å². The number of fused-ring (bicyclic) bond motifs is 1. The summed E-state index contributed by atoms with van der Waals surface area (Å²) in [5.41, 5.74) is 1.43. The third-order valence-electron chi connectivity index (χ3n) is 2.97. The van der Waals surface area contributed by atoms with E-state index in [0.29, 0.717) is 25.3 Å². The fourth-order valence-electron chi connectivity index (χ4n) is 2.02. The molecule has 1 heterocycles. The Morgan fingerprint density at radius 3 is 3.11 bits per heavy atom. The van der Waals surface area contributed by atoms with E-state index in [2.05, 4.69) is 5.32 Å². The maximum absolute atomic E-state index is 13.1. The molecule has 0 aliphatic carbocycles. The Kier molecular flexibility index (Phi) is 4.11. The average Bonchev–Trinajstić information content (AvgIpc) is 2.67. The minimum absolute atomic E-state index is 0.0961. The molecular formula is C13H16FN3O2. The molecule has 0 radical (unpaired) electrons. The lowest BCUT2D eigenvalue weighted by atomic mass is 10.1. The SMILES string of the molecule is COCCNC(=O)CN1Cc2ccc(F)cc2C1=N. The van der Waals surface area contributed by atoms with Gasteiger partial charge >= 0.3 is 0 Å². The fraction of sp³-hybridized carbons (Fsp3) is 0.385. The third-order valence-corrected chi connectivity index (χ3v) is 2.97. The minimum Gasteiger partial charge on any atom is -0.383 e. The number of carbonyl (C=O) groups is 1. The van der Waals surface area contributed by atoms with E-state index in [0.717, 1.165) is 5.56 Å². The van der Waals surface area contributed by atoms with Gasteiger partial charge in [0.15, 0.2) is 0 Å². The van der Waals surface area contributed by atoms with Crippen molar-refractivity contribution < 1.29 is 13.9 Å². The van der Waals surface area contributed by atoms with Crippen LogP contribution in [0.3, 0.4) is 0 Å². The summed E-state index contributed by atoms with van der Waals surface area (Å²) < 4.78 is 18.0. The summed E-state index contributed by atoms with van der Waals surface area (Å²) in [6.07, 6.45) is 0. The fourth-order valence-corrected chi connectivity index (χ4v) is 2.02. The van der Waals surface area contributed by atoms with Gasteiger partial charge in [-0.2, -0.15) is 0 Å². The quantitative estimate of drug-likeness (QED) is 0.771. The first-order valence-electron chi connectivity index (χ1n) is 5.99. The lowest BCUT2D eigenvalue weighted by molar-refractivity contribution is -0.121. The Morgan fingerprint density at radius 1 is 1.58 bits per heavy atom. The number of nitrogens with one attached hydrogen (secondary N) is 2. The molecule has 1 amide bonds. The number of carbonyl (C=O) groups excluding carboxylic acids is 1. The van der Waals surface area contributed by atoms with E-state index in [1.54, 1.807) is 18.1 Å². The average molecular weight is 265 g/mol. The number of hydrogen-bond donors (Lipinski definition) is 2. The second-order valence-corrected chi connectivity index (χ2v) is 4.35. The number of amidine groups is 1. The Hall–Kier alpha value is -1.95. The van der Waals surface area contributed by atoms with Gasteiger partial charge in [0.1, 0.15) is 11.7 Å². The summed E-state index contributed by atoms with van der Waals surface area (Å²) in [4.78, 5) is 13.3. The second kappa shape index (κ2) is 5.79. The van der Waals surface area contributed by atoms with Crippen LogP contribution in [0.25, 0.3) is 0 Å². The number of methoxy groups -OCH3 is 1. The van der Waals surface area contributed by atoms with Gasteiger partial charge in [-0.3, -0.25) is 10.2 Å². The molecule has 0 spiro atoms. The summed E-state index contributed by atoms with van der Waals surface area (Å²) in [5.74, 6) is -0.346. The van der Waals surface area contributed by atoms with Crippen LogP contribution in [-0.2, 0) is 16.1 Å². The van der Waals surface area contributed by atoms with E-state index in [1.165, 1.54) is 12.1 Å². The molecule has 1 aromatic rings. The molecule has 1 aromatic carbocycles. The molecular weight excluding hydrogens is 249 g/mol. The highest BCUT2D eigenvalue weighted by molar-refractivity contribution is 6.01. The maximum atomic E-state index is 13.1. The van der Waals surface area contributed by atoms with Crippen LogP contribution < -0.4 is 5.32 Å². The molecule has 0 aromatic heterocycles. The van der Waals surface area contributed by atoms with Crippen molar-refractivity contribution in [1.82, 2.24) is 10.2 Å². The highest BCUT2D eigenvalue weighted by Crippen LogP contribution is 2.22. The zero-order valence-electron chi connectivity index (χ0n) is 10.7. The summed E-state index contributed by atoms with van der Waals surface area (Å²) in [6.45, 7) is 1.46. The maximum Gasteiger partial charge on any atom is 0.239 e. The van der Waals surface area contributed by atoms with Gasteiger partial charge in [0, 0.05) is 25.8 Å². The molecule has 0 fully saturated rings. The Bertz CT molecular complexity index is 505. The predicted octanol–water partition coefficient (Wildman–Crippen LogP) is 0.729. The Morgan fingerprint density at radius 2 is 2.37 bits per heavy atom. The molecule has 0 saturated carbocycles. The molecule has 102 valence electrons. The Labute approximate surface area is 110 Å². The second-order valence-electron chi connectivity index (χ2n) is 4.35. The van der Waals surface area contributed by atoms with Gasteiger partial charge in [-0.1, -0.05) is 6.07 Å². The molecule has 2 N–H and O–H groups in total. The smallest absolute Gasteiger partial charge is 0.239 e. The molecule has 0 atom stereocenters. The Balaban J connectivity index is 1.94. The number of ether oxygens (including phenoxy) is 1. The van der Waals surface area contributed by atoms with Gasteiger partial charge in [-0.25, -0.2) is 4.39 Å². The first kappa shape index (κ1) is 13.5. The number of nitrogens with zero attached hydrogens (tertiary/aromatic N) is 1. The lowest BCUT2D eigenvalue weighted by Gasteiger charge is -2.17. The molecule has 1 aliphatic heterocycles. The monoisotopic (exact) mass is 265 g/mol. The molecule has 0 unspecified atom stereocenters. The van der Waals surface area contributed by atoms with Crippen molar-refractivity contribution in [2.75, 3.05) is 26.8 Å². The lowest BCUT2D eigenvalue weighted by Crippen LogP contribution is -2.38. The van der Waals surface area contributed by atoms with E-state index >= 15 is 0 Å². The largest absolute Gasteiger partial charge is 0.383 e. The van der Waals surface area contributed by atoms with Gasteiger partial charge in [0.2, 0.25) is 5.91 Å². The van der Waals surface area contributed by atoms with E-state index in [4.69, 9.17) is 10.1 Å². The van der Waals surface area contributed by atoms with Crippen LogP contribution in [0.1, 0.15) is 11.1 Å². The van der Waals surface area contributed by atoms with Crippen molar-refractivity contribution in [3.8, 4) is 0 Å². The van der Waals surface area contributed by atoms with Crippen molar-refractivity contribution >= 4 is 11.7 Å². The van der Waals surface area contributed by atoms with E-state index < -0.39 is 0 Å². The summed E-state index contributed by atoms with van der Waals surface area (Å²) >= 11 is 0. The molecule has 2 rings (SSSR count). The molecule has 0 saturated heterocycles. The van der Waals surface area contributed by atoms with E-state index in [-0.39, 0.29) is 24.1 Å². The number of halogens is 1. The predicted molar refractivity (Wildman–Crippen MR) is 68.5 cm³/mol. The zero-order chi connectivity index (χ0) is 13.8. The molecule has 5 nitrogen and oxygen atoms in total. The van der Waals surface area contributed by atoms with Gasteiger partial charge in [-0.15, -0.1) is 0 Å². The molecule has 6 heteroatoms. The van der Waals surface area contributed by atoms with Gasteiger partial charge < -0.3 is 15.0 Å². The van der Waals surface area contributed by atoms with Crippen molar-refractivity contribution in [2.45, 2.75) is 6.54 Å². The number of benzene rings is 1. The van der Waals surface area contributed by atoms with Crippen LogP contribution in [0.2, 0.25) is 0 Å². The van der Waals surface area contributed by atoms with Crippen LogP contribution in [0, 0.1) is 11.2 Å². The van der Waals surface area contributed by atoms with E-state index in [9.17, 15) is 9.18 Å². The third kappa shape index (κ3) is 3.08. The zero-order valence-corrected chi connectivity index (χ0v) is 10.7. The number of amides is 1. The molecule has 19 heavy (non-hydrogen) atoms.